The molecule has 0 atom stereocenters. The molecular formula is C24H29BrN4O. The Bertz CT molecular complexity index is 1030. The van der Waals surface area contributed by atoms with Gasteiger partial charge in [-0.25, -0.2) is 4.98 Å². The Morgan fingerprint density at radius 2 is 1.87 bits per heavy atom. The highest BCUT2D eigenvalue weighted by molar-refractivity contribution is 9.10. The van der Waals surface area contributed by atoms with Gasteiger partial charge in [-0.2, -0.15) is 0 Å². The number of carbonyl (C=O) groups is 1. The standard InChI is InChI=1S/C24H29BrN4O/c1-17(2)29-22-11-10-20(26-24(30)18-8-7-9-19(25)14-18)15-21(22)27-23(29)16-28-12-5-3-4-6-13-28/h7-11,14-15,17H,3-6,12-13,16H2,1-2H3,(H,26,30). The summed E-state index contributed by atoms with van der Waals surface area (Å²) in [4.78, 5) is 20.1. The molecule has 0 bridgehead atoms. The van der Waals surface area contributed by atoms with Crippen LogP contribution in [0, 0.1) is 0 Å². The summed E-state index contributed by atoms with van der Waals surface area (Å²) in [5, 5.41) is 3.01. The molecule has 1 amide bonds. The Morgan fingerprint density at radius 3 is 2.57 bits per heavy atom. The van der Waals surface area contributed by atoms with E-state index in [-0.39, 0.29) is 5.91 Å². The number of benzene rings is 2. The van der Waals surface area contributed by atoms with Crippen LogP contribution in [-0.4, -0.2) is 33.4 Å². The summed E-state index contributed by atoms with van der Waals surface area (Å²) in [7, 11) is 0. The molecule has 1 saturated heterocycles. The van der Waals surface area contributed by atoms with Gasteiger partial charge in [0.1, 0.15) is 5.82 Å². The van der Waals surface area contributed by atoms with E-state index in [2.05, 4.69) is 50.6 Å². The van der Waals surface area contributed by atoms with E-state index in [1.54, 1.807) is 0 Å². The summed E-state index contributed by atoms with van der Waals surface area (Å²) < 4.78 is 3.22. The van der Waals surface area contributed by atoms with Gasteiger partial charge in [0, 0.05) is 21.8 Å². The number of rotatable bonds is 5. The van der Waals surface area contributed by atoms with E-state index in [1.165, 1.54) is 25.7 Å². The van der Waals surface area contributed by atoms with Crippen molar-refractivity contribution in [1.29, 1.82) is 0 Å². The van der Waals surface area contributed by atoms with Gasteiger partial charge in [-0.15, -0.1) is 0 Å². The van der Waals surface area contributed by atoms with Crippen molar-refractivity contribution in [2.24, 2.45) is 0 Å². The largest absolute Gasteiger partial charge is 0.324 e. The summed E-state index contributed by atoms with van der Waals surface area (Å²) in [6, 6.07) is 13.8. The lowest BCUT2D eigenvalue weighted by Crippen LogP contribution is -2.26. The molecule has 1 aliphatic heterocycles. The van der Waals surface area contributed by atoms with E-state index in [4.69, 9.17) is 4.98 Å². The van der Waals surface area contributed by atoms with Crippen molar-refractivity contribution in [1.82, 2.24) is 14.5 Å². The summed E-state index contributed by atoms with van der Waals surface area (Å²) in [5.74, 6) is 0.987. The Kier molecular flexibility index (Phi) is 6.54. The first-order valence-corrected chi connectivity index (χ1v) is 11.6. The lowest BCUT2D eigenvalue weighted by molar-refractivity contribution is 0.102. The first kappa shape index (κ1) is 21.1. The molecule has 0 saturated carbocycles. The number of imidazole rings is 1. The fraction of sp³-hybridized carbons (Fsp3) is 0.417. The highest BCUT2D eigenvalue weighted by atomic mass is 79.9. The number of amides is 1. The SMILES string of the molecule is CC(C)n1c(CN2CCCCCC2)nc2cc(NC(=O)c3cccc(Br)c3)ccc21. The molecule has 6 heteroatoms. The van der Waals surface area contributed by atoms with Crippen LogP contribution < -0.4 is 5.32 Å². The number of halogens is 1. The number of nitrogens with one attached hydrogen (secondary N) is 1. The van der Waals surface area contributed by atoms with Crippen molar-refractivity contribution in [3.63, 3.8) is 0 Å². The maximum absolute atomic E-state index is 12.6. The fourth-order valence-electron chi connectivity index (χ4n) is 4.24. The zero-order valence-corrected chi connectivity index (χ0v) is 19.3. The average Bonchev–Trinajstić information content (AvgIpc) is 2.87. The van der Waals surface area contributed by atoms with Crippen molar-refractivity contribution in [2.75, 3.05) is 18.4 Å². The van der Waals surface area contributed by atoms with E-state index < -0.39 is 0 Å². The number of aromatic nitrogens is 2. The number of hydrogen-bond acceptors (Lipinski definition) is 3. The summed E-state index contributed by atoms with van der Waals surface area (Å²) in [6.45, 7) is 7.59. The number of hydrogen-bond donors (Lipinski definition) is 1. The lowest BCUT2D eigenvalue weighted by atomic mass is 10.2. The molecule has 0 unspecified atom stereocenters. The van der Waals surface area contributed by atoms with Crippen LogP contribution in [-0.2, 0) is 6.54 Å². The van der Waals surface area contributed by atoms with Crippen LogP contribution in [0.5, 0.6) is 0 Å². The third-order valence-corrected chi connectivity index (χ3v) is 6.18. The zero-order valence-electron chi connectivity index (χ0n) is 17.7. The fourth-order valence-corrected chi connectivity index (χ4v) is 4.64. The number of carbonyl (C=O) groups excluding carboxylic acids is 1. The van der Waals surface area contributed by atoms with Crippen molar-refractivity contribution in [3.05, 3.63) is 58.3 Å². The van der Waals surface area contributed by atoms with Crippen LogP contribution in [0.25, 0.3) is 11.0 Å². The molecule has 30 heavy (non-hydrogen) atoms. The Morgan fingerprint density at radius 1 is 1.10 bits per heavy atom. The average molecular weight is 469 g/mol. The van der Waals surface area contributed by atoms with E-state index in [0.29, 0.717) is 11.6 Å². The van der Waals surface area contributed by atoms with Crippen LogP contribution in [0.4, 0.5) is 5.69 Å². The van der Waals surface area contributed by atoms with Gasteiger partial charge < -0.3 is 9.88 Å². The van der Waals surface area contributed by atoms with Gasteiger partial charge in [-0.1, -0.05) is 34.8 Å². The van der Waals surface area contributed by atoms with Gasteiger partial charge in [0.05, 0.1) is 17.6 Å². The van der Waals surface area contributed by atoms with Crippen LogP contribution >= 0.6 is 15.9 Å². The first-order chi connectivity index (χ1) is 14.5. The lowest BCUT2D eigenvalue weighted by Gasteiger charge is -2.21. The number of anilines is 1. The minimum Gasteiger partial charge on any atom is -0.324 e. The molecule has 2 aromatic carbocycles. The van der Waals surface area contributed by atoms with Crippen molar-refractivity contribution in [3.8, 4) is 0 Å². The molecule has 1 aliphatic rings. The Labute approximate surface area is 186 Å². The maximum Gasteiger partial charge on any atom is 0.255 e. The monoisotopic (exact) mass is 468 g/mol. The number of nitrogens with zero attached hydrogens (tertiary/aromatic N) is 3. The molecule has 2 heterocycles. The second-order valence-corrected chi connectivity index (χ2v) is 9.27. The van der Waals surface area contributed by atoms with Crippen LogP contribution in [0.15, 0.2) is 46.9 Å². The molecule has 4 rings (SSSR count). The minimum atomic E-state index is -0.122. The highest BCUT2D eigenvalue weighted by Crippen LogP contribution is 2.26. The molecule has 1 N–H and O–H groups in total. The quantitative estimate of drug-likeness (QED) is 0.498. The van der Waals surface area contributed by atoms with Crippen molar-refractivity contribution in [2.45, 2.75) is 52.1 Å². The number of fused-ring (bicyclic) bond motifs is 1. The van der Waals surface area contributed by atoms with Crippen LogP contribution in [0.2, 0.25) is 0 Å². The minimum absolute atomic E-state index is 0.122. The normalized spacial score (nSPS) is 15.5. The first-order valence-electron chi connectivity index (χ1n) is 10.8. The van der Waals surface area contributed by atoms with Gasteiger partial charge in [-0.05, 0) is 76.2 Å². The summed E-state index contributed by atoms with van der Waals surface area (Å²) in [5.41, 5.74) is 3.44. The van der Waals surface area contributed by atoms with Crippen molar-refractivity contribution < 1.29 is 4.79 Å². The van der Waals surface area contributed by atoms with Gasteiger partial charge >= 0.3 is 0 Å². The Balaban J connectivity index is 1.59. The highest BCUT2D eigenvalue weighted by Gasteiger charge is 2.18. The van der Waals surface area contributed by atoms with Gasteiger partial charge in [-0.3, -0.25) is 9.69 Å². The van der Waals surface area contributed by atoms with Crippen LogP contribution in [0.3, 0.4) is 0 Å². The molecule has 158 valence electrons. The topological polar surface area (TPSA) is 50.2 Å². The van der Waals surface area contributed by atoms with Gasteiger partial charge in [0.25, 0.3) is 5.91 Å². The van der Waals surface area contributed by atoms with E-state index in [1.807, 2.05) is 36.4 Å². The van der Waals surface area contributed by atoms with Gasteiger partial charge in [0.15, 0.2) is 0 Å². The van der Waals surface area contributed by atoms with Gasteiger partial charge in [0.2, 0.25) is 0 Å². The number of likely N-dealkylation sites (tertiary alicyclic amines) is 1. The van der Waals surface area contributed by atoms with E-state index in [9.17, 15) is 4.79 Å². The second-order valence-electron chi connectivity index (χ2n) is 8.35. The maximum atomic E-state index is 12.6. The smallest absolute Gasteiger partial charge is 0.255 e. The molecule has 1 fully saturated rings. The molecule has 3 aromatic rings. The molecule has 0 aliphatic carbocycles. The molecule has 5 nitrogen and oxygen atoms in total. The summed E-state index contributed by atoms with van der Waals surface area (Å²) in [6.07, 6.45) is 5.21. The van der Waals surface area contributed by atoms with Crippen LogP contribution in [0.1, 0.15) is 61.8 Å². The van der Waals surface area contributed by atoms with E-state index >= 15 is 0 Å². The third-order valence-electron chi connectivity index (χ3n) is 5.69. The summed E-state index contributed by atoms with van der Waals surface area (Å²) >= 11 is 3.42. The Hall–Kier alpha value is -2.18. The molecule has 0 spiro atoms. The van der Waals surface area contributed by atoms with E-state index in [0.717, 1.165) is 46.7 Å². The second kappa shape index (κ2) is 9.31. The molecular weight excluding hydrogens is 440 g/mol. The third kappa shape index (κ3) is 4.76. The molecule has 0 radical (unpaired) electrons. The predicted molar refractivity (Wildman–Crippen MR) is 126 cm³/mol. The van der Waals surface area contributed by atoms with Crippen molar-refractivity contribution >= 4 is 38.6 Å². The molecule has 1 aromatic heterocycles. The predicted octanol–water partition coefficient (Wildman–Crippen LogP) is 6.01. The zero-order chi connectivity index (χ0) is 21.1.